The third kappa shape index (κ3) is 2.84. The van der Waals surface area contributed by atoms with Gasteiger partial charge < -0.3 is 11.5 Å². The first kappa shape index (κ1) is 12.5. The molecule has 0 atom stereocenters. The second kappa shape index (κ2) is 6.12. The maximum absolute atomic E-state index is 5.68. The van der Waals surface area contributed by atoms with Gasteiger partial charge in [0.2, 0.25) is 0 Å². The molecular formula is C13H22N4. The van der Waals surface area contributed by atoms with Crippen molar-refractivity contribution in [2.75, 3.05) is 39.3 Å². The van der Waals surface area contributed by atoms with Crippen molar-refractivity contribution in [3.8, 4) is 0 Å². The molecular weight excluding hydrogens is 212 g/mol. The molecule has 0 unspecified atom stereocenters. The molecule has 0 radical (unpaired) electrons. The van der Waals surface area contributed by atoms with Crippen molar-refractivity contribution in [1.82, 2.24) is 9.80 Å². The summed E-state index contributed by atoms with van der Waals surface area (Å²) in [5.74, 6) is 0. The summed E-state index contributed by atoms with van der Waals surface area (Å²) in [6, 6.07) is 10.6. The number of rotatable bonds is 5. The van der Waals surface area contributed by atoms with Crippen molar-refractivity contribution in [3.05, 3.63) is 35.9 Å². The van der Waals surface area contributed by atoms with Crippen LogP contribution in [0.3, 0.4) is 0 Å². The number of nitrogens with zero attached hydrogens (tertiary/aromatic N) is 2. The second-order valence-corrected chi connectivity index (χ2v) is 4.43. The van der Waals surface area contributed by atoms with Crippen LogP contribution in [0.15, 0.2) is 30.3 Å². The molecule has 17 heavy (non-hydrogen) atoms. The van der Waals surface area contributed by atoms with Gasteiger partial charge in [-0.2, -0.15) is 0 Å². The Morgan fingerprint density at radius 2 is 1.47 bits per heavy atom. The van der Waals surface area contributed by atoms with E-state index in [1.54, 1.807) is 0 Å². The molecule has 4 N–H and O–H groups in total. The molecule has 0 bridgehead atoms. The van der Waals surface area contributed by atoms with Crippen LogP contribution in [0.1, 0.15) is 11.7 Å². The third-order valence-corrected chi connectivity index (χ3v) is 3.30. The summed E-state index contributed by atoms with van der Waals surface area (Å²) in [7, 11) is 0. The van der Waals surface area contributed by atoms with E-state index in [4.69, 9.17) is 11.5 Å². The highest BCUT2D eigenvalue weighted by Crippen LogP contribution is 2.28. The first-order valence-electron chi connectivity index (χ1n) is 6.30. The highest BCUT2D eigenvalue weighted by molar-refractivity contribution is 5.19. The predicted molar refractivity (Wildman–Crippen MR) is 70.4 cm³/mol. The maximum atomic E-state index is 5.68. The molecule has 0 saturated carbocycles. The first-order chi connectivity index (χ1) is 8.36. The lowest BCUT2D eigenvalue weighted by Gasteiger charge is -2.30. The zero-order valence-electron chi connectivity index (χ0n) is 10.3. The van der Waals surface area contributed by atoms with Gasteiger partial charge in [-0.25, -0.2) is 0 Å². The first-order valence-corrected chi connectivity index (χ1v) is 6.30. The fourth-order valence-corrected chi connectivity index (χ4v) is 2.58. The topological polar surface area (TPSA) is 58.5 Å². The van der Waals surface area contributed by atoms with E-state index in [-0.39, 0.29) is 0 Å². The van der Waals surface area contributed by atoms with Crippen LogP contribution < -0.4 is 11.5 Å². The Kier molecular flexibility index (Phi) is 4.50. The van der Waals surface area contributed by atoms with Crippen LogP contribution in [0.25, 0.3) is 0 Å². The molecule has 1 aliphatic heterocycles. The van der Waals surface area contributed by atoms with Gasteiger partial charge in [-0.3, -0.25) is 9.80 Å². The molecule has 0 aliphatic carbocycles. The quantitative estimate of drug-likeness (QED) is 0.765. The average Bonchev–Trinajstić information content (AvgIpc) is 2.74. The molecule has 0 amide bonds. The Hall–Kier alpha value is -0.940. The molecule has 4 heteroatoms. The largest absolute Gasteiger partial charge is 0.329 e. The molecule has 1 fully saturated rings. The molecule has 1 heterocycles. The maximum Gasteiger partial charge on any atom is 0.0887 e. The zero-order valence-corrected chi connectivity index (χ0v) is 10.3. The molecule has 0 aromatic heterocycles. The predicted octanol–water partition coefficient (Wildman–Crippen LogP) is 0.220. The zero-order chi connectivity index (χ0) is 12.1. The number of hydrogen-bond donors (Lipinski definition) is 2. The van der Waals surface area contributed by atoms with E-state index in [2.05, 4.69) is 40.1 Å². The van der Waals surface area contributed by atoms with E-state index in [9.17, 15) is 0 Å². The molecule has 1 aromatic carbocycles. The number of nitrogens with two attached hydrogens (primary N) is 2. The molecule has 1 aromatic rings. The summed E-state index contributed by atoms with van der Waals surface area (Å²) >= 11 is 0. The molecule has 1 saturated heterocycles. The van der Waals surface area contributed by atoms with E-state index in [1.807, 2.05) is 0 Å². The van der Waals surface area contributed by atoms with Crippen LogP contribution in [0.4, 0.5) is 0 Å². The van der Waals surface area contributed by atoms with Crippen molar-refractivity contribution >= 4 is 0 Å². The van der Waals surface area contributed by atoms with Crippen LogP contribution in [0.5, 0.6) is 0 Å². The van der Waals surface area contributed by atoms with Gasteiger partial charge in [0.25, 0.3) is 0 Å². The van der Waals surface area contributed by atoms with Crippen molar-refractivity contribution in [2.45, 2.75) is 6.17 Å². The Morgan fingerprint density at radius 1 is 0.941 bits per heavy atom. The smallest absolute Gasteiger partial charge is 0.0887 e. The number of hydrogen-bond acceptors (Lipinski definition) is 4. The van der Waals surface area contributed by atoms with Gasteiger partial charge in [0, 0.05) is 39.3 Å². The van der Waals surface area contributed by atoms with Crippen LogP contribution >= 0.6 is 0 Å². The summed E-state index contributed by atoms with van der Waals surface area (Å²) in [6.45, 7) is 5.47. The summed E-state index contributed by atoms with van der Waals surface area (Å²) in [6.07, 6.45) is 0.350. The fourth-order valence-electron chi connectivity index (χ4n) is 2.58. The lowest BCUT2D eigenvalue weighted by atomic mass is 10.1. The summed E-state index contributed by atoms with van der Waals surface area (Å²) in [5.41, 5.74) is 12.7. The third-order valence-electron chi connectivity index (χ3n) is 3.30. The summed E-state index contributed by atoms with van der Waals surface area (Å²) in [4.78, 5) is 4.87. The standard InChI is InChI=1S/C13H22N4/c14-6-8-16-10-11-17(9-7-15)13(16)12-4-2-1-3-5-12/h1-5,13H,6-11,14-15H2. The molecule has 4 nitrogen and oxygen atoms in total. The lowest BCUT2D eigenvalue weighted by molar-refractivity contribution is 0.143. The molecule has 94 valence electrons. The van der Waals surface area contributed by atoms with E-state index in [1.165, 1.54) is 5.56 Å². The Balaban J connectivity index is 2.17. The van der Waals surface area contributed by atoms with Crippen molar-refractivity contribution in [1.29, 1.82) is 0 Å². The Morgan fingerprint density at radius 3 is 1.94 bits per heavy atom. The monoisotopic (exact) mass is 234 g/mol. The van der Waals surface area contributed by atoms with Crippen molar-refractivity contribution < 1.29 is 0 Å². The van der Waals surface area contributed by atoms with E-state index < -0.39 is 0 Å². The van der Waals surface area contributed by atoms with Crippen LogP contribution in [-0.4, -0.2) is 49.1 Å². The van der Waals surface area contributed by atoms with Crippen LogP contribution in [0.2, 0.25) is 0 Å². The van der Waals surface area contributed by atoms with Gasteiger partial charge in [0.1, 0.15) is 0 Å². The Bertz CT molecular complexity index is 313. The van der Waals surface area contributed by atoms with Crippen molar-refractivity contribution in [2.24, 2.45) is 11.5 Å². The van der Waals surface area contributed by atoms with Gasteiger partial charge >= 0.3 is 0 Å². The van der Waals surface area contributed by atoms with Crippen LogP contribution in [-0.2, 0) is 0 Å². The molecule has 1 aliphatic rings. The number of benzene rings is 1. The minimum Gasteiger partial charge on any atom is -0.329 e. The van der Waals surface area contributed by atoms with Gasteiger partial charge in [0.05, 0.1) is 6.17 Å². The van der Waals surface area contributed by atoms with Crippen molar-refractivity contribution in [3.63, 3.8) is 0 Å². The molecule has 2 rings (SSSR count). The minimum atomic E-state index is 0.350. The minimum absolute atomic E-state index is 0.350. The second-order valence-electron chi connectivity index (χ2n) is 4.43. The lowest BCUT2D eigenvalue weighted by Crippen LogP contribution is -2.36. The van der Waals surface area contributed by atoms with E-state index >= 15 is 0 Å². The van der Waals surface area contributed by atoms with Gasteiger partial charge in [-0.1, -0.05) is 30.3 Å². The van der Waals surface area contributed by atoms with Gasteiger partial charge in [0.15, 0.2) is 0 Å². The normalized spacial score (nSPS) is 18.9. The Labute approximate surface area is 103 Å². The average molecular weight is 234 g/mol. The highest BCUT2D eigenvalue weighted by Gasteiger charge is 2.31. The fraction of sp³-hybridized carbons (Fsp3) is 0.538. The van der Waals surface area contributed by atoms with E-state index in [0.717, 1.165) is 26.2 Å². The SMILES string of the molecule is NCCN1CCN(CCN)C1c1ccccc1. The van der Waals surface area contributed by atoms with Gasteiger partial charge in [-0.05, 0) is 5.56 Å². The van der Waals surface area contributed by atoms with Gasteiger partial charge in [-0.15, -0.1) is 0 Å². The van der Waals surface area contributed by atoms with E-state index in [0.29, 0.717) is 19.3 Å². The summed E-state index contributed by atoms with van der Waals surface area (Å²) < 4.78 is 0. The van der Waals surface area contributed by atoms with Crippen LogP contribution in [0, 0.1) is 0 Å². The highest BCUT2D eigenvalue weighted by atomic mass is 15.4. The summed E-state index contributed by atoms with van der Waals surface area (Å²) in [5, 5.41) is 0. The molecule has 0 spiro atoms.